The number of halogens is 1. The highest BCUT2D eigenvalue weighted by atomic mass is 19.1. The monoisotopic (exact) mass is 438 g/mol. The van der Waals surface area contributed by atoms with Crippen LogP contribution >= 0.6 is 0 Å². The predicted molar refractivity (Wildman–Crippen MR) is 128 cm³/mol. The topological polar surface area (TPSA) is 68.4 Å². The van der Waals surface area contributed by atoms with Crippen molar-refractivity contribution in [2.45, 2.75) is 33.7 Å². The number of urea groups is 1. The summed E-state index contributed by atoms with van der Waals surface area (Å²) in [5.74, 6) is -0.497. The maximum Gasteiger partial charge on any atom is 0.322 e. The second-order valence-electron chi connectivity index (χ2n) is 7.87. The number of hydrogen-bond acceptors (Lipinski definition) is 3. The van der Waals surface area contributed by atoms with Crippen molar-refractivity contribution in [1.82, 2.24) is 14.8 Å². The molecule has 6 nitrogen and oxygen atoms in total. The Morgan fingerprint density at radius 2 is 1.81 bits per heavy atom. The number of rotatable bonds is 9. The molecule has 1 aromatic heterocycles. The molecule has 0 fully saturated rings. The minimum absolute atomic E-state index is 0.120. The number of para-hydroxylation sites is 2. The number of carbonyl (C=O) groups is 1. The van der Waals surface area contributed by atoms with Crippen molar-refractivity contribution < 1.29 is 9.18 Å². The normalized spacial score (nSPS) is 11.2. The van der Waals surface area contributed by atoms with E-state index < -0.39 is 11.8 Å². The molecule has 0 bridgehead atoms. The van der Waals surface area contributed by atoms with Gasteiger partial charge in [0.05, 0.1) is 17.7 Å². The first-order valence-corrected chi connectivity index (χ1v) is 11.1. The highest BCUT2D eigenvalue weighted by Crippen LogP contribution is 2.17. The molecular formula is C25H31FN4O2. The van der Waals surface area contributed by atoms with Crippen LogP contribution in [0.3, 0.4) is 0 Å². The number of nitrogens with one attached hydrogen (secondary N) is 2. The number of nitrogens with zero attached hydrogens (tertiary/aromatic N) is 2. The van der Waals surface area contributed by atoms with Crippen LogP contribution < -0.4 is 10.9 Å². The minimum atomic E-state index is -0.497. The van der Waals surface area contributed by atoms with Crippen molar-refractivity contribution in [3.63, 3.8) is 0 Å². The van der Waals surface area contributed by atoms with Crippen molar-refractivity contribution in [3.05, 3.63) is 75.8 Å². The third-order valence-corrected chi connectivity index (χ3v) is 5.73. The van der Waals surface area contributed by atoms with Gasteiger partial charge in [-0.15, -0.1) is 0 Å². The molecule has 0 spiro atoms. The summed E-state index contributed by atoms with van der Waals surface area (Å²) in [6, 6.07) is 13.3. The molecule has 7 heteroatoms. The first-order valence-electron chi connectivity index (χ1n) is 11.1. The first-order chi connectivity index (χ1) is 15.4. The van der Waals surface area contributed by atoms with Crippen molar-refractivity contribution in [2.24, 2.45) is 0 Å². The Hall–Kier alpha value is -3.19. The molecule has 0 aliphatic heterocycles. The fraction of sp³-hybridized carbons (Fsp3) is 0.360. The smallest absolute Gasteiger partial charge is 0.321 e. The van der Waals surface area contributed by atoms with Gasteiger partial charge in [-0.25, -0.2) is 9.18 Å². The molecular weight excluding hydrogens is 407 g/mol. The van der Waals surface area contributed by atoms with Crippen LogP contribution in [-0.4, -0.2) is 47.0 Å². The van der Waals surface area contributed by atoms with Crippen molar-refractivity contribution in [2.75, 3.05) is 31.5 Å². The molecule has 2 aromatic carbocycles. The molecule has 0 saturated carbocycles. The number of aromatic amines is 1. The van der Waals surface area contributed by atoms with E-state index in [1.165, 1.54) is 12.1 Å². The summed E-state index contributed by atoms with van der Waals surface area (Å²) in [6.07, 6.45) is 0.747. The van der Waals surface area contributed by atoms with Gasteiger partial charge in [-0.3, -0.25) is 4.79 Å². The van der Waals surface area contributed by atoms with Gasteiger partial charge in [0.2, 0.25) is 0 Å². The quantitative estimate of drug-likeness (QED) is 0.507. The number of H-pyrrole nitrogens is 1. The Kier molecular flexibility index (Phi) is 8.00. The molecule has 0 atom stereocenters. The summed E-state index contributed by atoms with van der Waals surface area (Å²) < 4.78 is 14.1. The van der Waals surface area contributed by atoms with Crippen molar-refractivity contribution in [1.29, 1.82) is 0 Å². The van der Waals surface area contributed by atoms with Crippen LogP contribution in [0, 0.1) is 12.7 Å². The van der Waals surface area contributed by atoms with E-state index in [1.807, 2.05) is 31.2 Å². The third kappa shape index (κ3) is 5.73. The molecule has 3 rings (SSSR count). The molecule has 0 saturated heterocycles. The lowest BCUT2D eigenvalue weighted by atomic mass is 10.1. The fourth-order valence-corrected chi connectivity index (χ4v) is 3.79. The molecule has 1 heterocycles. The number of carbonyl (C=O) groups excluding carboxylic acids is 1. The summed E-state index contributed by atoms with van der Waals surface area (Å²) in [5, 5.41) is 3.56. The highest BCUT2D eigenvalue weighted by Gasteiger charge is 2.18. The number of aryl methyl sites for hydroxylation is 1. The molecule has 32 heavy (non-hydrogen) atoms. The Labute approximate surface area is 188 Å². The van der Waals surface area contributed by atoms with Crippen LogP contribution in [0.25, 0.3) is 10.9 Å². The summed E-state index contributed by atoms with van der Waals surface area (Å²) in [4.78, 5) is 32.6. The predicted octanol–water partition coefficient (Wildman–Crippen LogP) is 4.74. The van der Waals surface area contributed by atoms with Gasteiger partial charge in [0.25, 0.3) is 5.56 Å². The first kappa shape index (κ1) is 23.5. The van der Waals surface area contributed by atoms with E-state index in [1.54, 1.807) is 17.0 Å². The summed E-state index contributed by atoms with van der Waals surface area (Å²) in [5.41, 5.74) is 2.17. The molecule has 2 amide bonds. The lowest BCUT2D eigenvalue weighted by Gasteiger charge is -2.25. The average molecular weight is 439 g/mol. The number of fused-ring (bicyclic) bond motifs is 1. The van der Waals surface area contributed by atoms with Gasteiger partial charge in [0, 0.05) is 12.1 Å². The summed E-state index contributed by atoms with van der Waals surface area (Å²) in [6.45, 7) is 9.43. The van der Waals surface area contributed by atoms with E-state index in [0.717, 1.165) is 42.5 Å². The van der Waals surface area contributed by atoms with Crippen LogP contribution in [0.1, 0.15) is 31.4 Å². The van der Waals surface area contributed by atoms with Gasteiger partial charge in [0.1, 0.15) is 5.82 Å². The summed E-state index contributed by atoms with van der Waals surface area (Å²) >= 11 is 0. The maximum atomic E-state index is 14.1. The zero-order valence-corrected chi connectivity index (χ0v) is 19.0. The van der Waals surface area contributed by atoms with Crippen LogP contribution in [0.15, 0.2) is 53.3 Å². The Bertz CT molecular complexity index is 1120. The van der Waals surface area contributed by atoms with Crippen LogP contribution in [-0.2, 0) is 6.54 Å². The van der Waals surface area contributed by atoms with E-state index >= 15 is 0 Å². The fourth-order valence-electron chi connectivity index (χ4n) is 3.79. The lowest BCUT2D eigenvalue weighted by molar-refractivity contribution is 0.202. The second-order valence-corrected chi connectivity index (χ2v) is 7.87. The second kappa shape index (κ2) is 10.9. The zero-order chi connectivity index (χ0) is 23.1. The Morgan fingerprint density at radius 1 is 1.06 bits per heavy atom. The van der Waals surface area contributed by atoms with Crippen LogP contribution in [0.4, 0.5) is 14.9 Å². The van der Waals surface area contributed by atoms with Gasteiger partial charge < -0.3 is 20.1 Å². The number of anilines is 1. The minimum Gasteiger partial charge on any atom is -0.321 e. The van der Waals surface area contributed by atoms with E-state index in [2.05, 4.69) is 29.0 Å². The SMILES string of the molecule is CCN(CC)CCCN(Cc1cc2cccc(C)c2[nH]c1=O)C(=O)Nc1ccccc1F. The molecule has 0 radical (unpaired) electrons. The molecule has 0 aliphatic carbocycles. The highest BCUT2D eigenvalue weighted by molar-refractivity contribution is 5.89. The van der Waals surface area contributed by atoms with E-state index in [4.69, 9.17) is 0 Å². The molecule has 2 N–H and O–H groups in total. The summed E-state index contributed by atoms with van der Waals surface area (Å²) in [7, 11) is 0. The third-order valence-electron chi connectivity index (χ3n) is 5.73. The number of hydrogen-bond donors (Lipinski definition) is 2. The largest absolute Gasteiger partial charge is 0.322 e. The standard InChI is InChI=1S/C25H31FN4O2/c1-4-29(5-2)14-9-15-30(25(32)27-22-13-7-6-12-21(22)26)17-20-16-19-11-8-10-18(3)23(19)28-24(20)31/h6-8,10-13,16H,4-5,9,14-15,17H2,1-3H3,(H,27,32)(H,28,31). The van der Waals surface area contributed by atoms with Gasteiger partial charge in [-0.2, -0.15) is 0 Å². The average Bonchev–Trinajstić information content (AvgIpc) is 2.78. The number of amides is 2. The van der Waals surface area contributed by atoms with Gasteiger partial charge in [0.15, 0.2) is 0 Å². The van der Waals surface area contributed by atoms with Crippen LogP contribution in [0.5, 0.6) is 0 Å². The van der Waals surface area contributed by atoms with Gasteiger partial charge in [-0.05, 0) is 62.1 Å². The number of benzene rings is 2. The van der Waals surface area contributed by atoms with E-state index in [-0.39, 0.29) is 17.8 Å². The molecule has 3 aromatic rings. The Morgan fingerprint density at radius 3 is 2.53 bits per heavy atom. The Balaban J connectivity index is 1.83. The molecule has 0 aliphatic rings. The van der Waals surface area contributed by atoms with Crippen LogP contribution in [0.2, 0.25) is 0 Å². The van der Waals surface area contributed by atoms with Crippen molar-refractivity contribution >= 4 is 22.6 Å². The number of aromatic nitrogens is 1. The zero-order valence-electron chi connectivity index (χ0n) is 19.0. The van der Waals surface area contributed by atoms with Gasteiger partial charge in [-0.1, -0.05) is 44.2 Å². The lowest BCUT2D eigenvalue weighted by Crippen LogP contribution is -2.38. The number of pyridine rings is 1. The molecule has 170 valence electrons. The van der Waals surface area contributed by atoms with E-state index in [9.17, 15) is 14.0 Å². The van der Waals surface area contributed by atoms with Crippen molar-refractivity contribution in [3.8, 4) is 0 Å². The molecule has 0 unspecified atom stereocenters. The van der Waals surface area contributed by atoms with E-state index in [0.29, 0.717) is 12.1 Å². The maximum absolute atomic E-state index is 14.1. The van der Waals surface area contributed by atoms with Gasteiger partial charge >= 0.3 is 6.03 Å².